The molecule has 78 heavy (non-hydrogen) atoms. The summed E-state index contributed by atoms with van der Waals surface area (Å²) >= 11 is 0. The molecule has 0 aliphatic rings. The summed E-state index contributed by atoms with van der Waals surface area (Å²) in [5.41, 5.74) is 0. The molecule has 9 nitrogen and oxygen atoms in total. The third kappa shape index (κ3) is 59.6. The number of allylic oxidation sites excluding steroid dienone is 18. The lowest BCUT2D eigenvalue weighted by Crippen LogP contribution is -2.44. The summed E-state index contributed by atoms with van der Waals surface area (Å²) in [7, 11) is 5.92. The van der Waals surface area contributed by atoms with Crippen molar-refractivity contribution in [3.8, 4) is 0 Å². The summed E-state index contributed by atoms with van der Waals surface area (Å²) in [6.45, 7) is 4.62. The number of carboxylic acid groups (broad SMARTS) is 1. The molecule has 0 amide bonds. The topological polar surface area (TPSA) is 111 Å². The van der Waals surface area contributed by atoms with Crippen molar-refractivity contribution in [3.05, 3.63) is 109 Å². The summed E-state index contributed by atoms with van der Waals surface area (Å²) in [6, 6.07) is 0. The van der Waals surface area contributed by atoms with Gasteiger partial charge in [0, 0.05) is 12.8 Å². The fourth-order valence-corrected chi connectivity index (χ4v) is 8.43. The molecular weight excluding hydrogens is 971 g/mol. The van der Waals surface area contributed by atoms with Crippen LogP contribution in [0, 0.1) is 0 Å². The van der Waals surface area contributed by atoms with Crippen LogP contribution >= 0.6 is 0 Å². The Balaban J connectivity index is 4.15. The lowest BCUT2D eigenvalue weighted by Gasteiger charge is -2.26. The van der Waals surface area contributed by atoms with Crippen LogP contribution in [0.1, 0.15) is 251 Å². The molecule has 0 aliphatic heterocycles. The second kappa shape index (κ2) is 59.1. The first kappa shape index (κ1) is 74.0. The maximum atomic E-state index is 12.9. The molecule has 0 saturated carbocycles. The fraction of sp³-hybridized carbons (Fsp3) is 0.696. The van der Waals surface area contributed by atoms with Crippen LogP contribution in [0.15, 0.2) is 109 Å². The van der Waals surface area contributed by atoms with E-state index >= 15 is 0 Å². The Morgan fingerprint density at radius 3 is 1.10 bits per heavy atom. The van der Waals surface area contributed by atoms with Gasteiger partial charge < -0.3 is 33.3 Å². The number of quaternary nitrogens is 1. The highest BCUT2D eigenvalue weighted by atomic mass is 16.7. The summed E-state index contributed by atoms with van der Waals surface area (Å²) in [5.74, 6) is -2.30. The van der Waals surface area contributed by atoms with Crippen molar-refractivity contribution in [1.82, 2.24) is 0 Å². The number of carboxylic acids is 1. The largest absolute Gasteiger partial charge is 0.545 e. The molecule has 0 rings (SSSR count). The minimum Gasteiger partial charge on any atom is -0.545 e. The Kier molecular flexibility index (Phi) is 56.0. The molecule has 9 heteroatoms. The summed E-state index contributed by atoms with van der Waals surface area (Å²) < 4.78 is 22.7. The Hall–Kier alpha value is -4.05. The Bertz CT molecular complexity index is 1640. The van der Waals surface area contributed by atoms with E-state index in [1.165, 1.54) is 109 Å². The molecule has 0 aliphatic carbocycles. The molecule has 0 aromatic carbocycles. The monoisotopic (exact) mass is 1090 g/mol. The zero-order valence-electron chi connectivity index (χ0n) is 50.8. The van der Waals surface area contributed by atoms with Gasteiger partial charge in [0.1, 0.15) is 13.2 Å². The number of nitrogens with zero attached hydrogens (tertiary/aromatic N) is 1. The molecule has 0 spiro atoms. The van der Waals surface area contributed by atoms with E-state index in [0.717, 1.165) is 109 Å². The van der Waals surface area contributed by atoms with E-state index in [2.05, 4.69) is 123 Å². The summed E-state index contributed by atoms with van der Waals surface area (Å²) in [6.07, 6.45) is 78.6. The van der Waals surface area contributed by atoms with Crippen LogP contribution in [0.2, 0.25) is 0 Å². The van der Waals surface area contributed by atoms with Crippen molar-refractivity contribution in [2.45, 2.75) is 264 Å². The van der Waals surface area contributed by atoms with Gasteiger partial charge in [-0.25, -0.2) is 0 Å². The number of aliphatic carboxylic acids is 1. The maximum absolute atomic E-state index is 12.9. The minimum atomic E-state index is -1.63. The zero-order valence-corrected chi connectivity index (χ0v) is 50.8. The van der Waals surface area contributed by atoms with Gasteiger partial charge in [-0.2, -0.15) is 0 Å². The fourth-order valence-electron chi connectivity index (χ4n) is 8.43. The predicted molar refractivity (Wildman–Crippen MR) is 329 cm³/mol. The van der Waals surface area contributed by atoms with Gasteiger partial charge in [-0.15, -0.1) is 0 Å². The molecule has 446 valence electrons. The van der Waals surface area contributed by atoms with Crippen LogP contribution in [0.3, 0.4) is 0 Å². The third-order valence-electron chi connectivity index (χ3n) is 13.3. The van der Waals surface area contributed by atoms with Gasteiger partial charge in [-0.05, 0) is 103 Å². The first-order chi connectivity index (χ1) is 38.1. The number of hydrogen-bond acceptors (Lipinski definition) is 8. The van der Waals surface area contributed by atoms with Crippen LogP contribution in [0.4, 0.5) is 0 Å². The summed E-state index contributed by atoms with van der Waals surface area (Å²) in [4.78, 5) is 37.3. The van der Waals surface area contributed by atoms with Gasteiger partial charge in [0.2, 0.25) is 0 Å². The number of hydrogen-bond donors (Lipinski definition) is 0. The number of esters is 2. The average molecular weight is 1090 g/mol. The Morgan fingerprint density at radius 1 is 0.397 bits per heavy atom. The van der Waals surface area contributed by atoms with Crippen molar-refractivity contribution < 1.29 is 42.9 Å². The van der Waals surface area contributed by atoms with E-state index in [4.69, 9.17) is 18.9 Å². The van der Waals surface area contributed by atoms with E-state index in [-0.39, 0.29) is 38.6 Å². The molecule has 0 heterocycles. The predicted octanol–water partition coefficient (Wildman–Crippen LogP) is 17.7. The van der Waals surface area contributed by atoms with Gasteiger partial charge in [0.05, 0.1) is 40.3 Å². The number of ether oxygens (including phenoxy) is 4. The van der Waals surface area contributed by atoms with Gasteiger partial charge in [-0.3, -0.25) is 9.59 Å². The quantitative estimate of drug-likeness (QED) is 0.0195. The highest BCUT2D eigenvalue weighted by molar-refractivity contribution is 5.70. The van der Waals surface area contributed by atoms with Crippen molar-refractivity contribution in [2.24, 2.45) is 0 Å². The van der Waals surface area contributed by atoms with E-state index in [1.807, 2.05) is 21.1 Å². The van der Waals surface area contributed by atoms with Crippen LogP contribution in [-0.2, 0) is 33.3 Å². The highest BCUT2D eigenvalue weighted by Crippen LogP contribution is 2.16. The maximum Gasteiger partial charge on any atom is 0.306 e. The van der Waals surface area contributed by atoms with Gasteiger partial charge >= 0.3 is 11.9 Å². The first-order valence-electron chi connectivity index (χ1n) is 31.5. The first-order valence-corrected chi connectivity index (χ1v) is 31.5. The molecular formula is C69H117NO8. The summed E-state index contributed by atoms with van der Waals surface area (Å²) in [5, 5.41) is 11.8. The Morgan fingerprint density at radius 2 is 0.731 bits per heavy atom. The van der Waals surface area contributed by atoms with E-state index in [9.17, 15) is 19.5 Å². The van der Waals surface area contributed by atoms with Crippen LogP contribution in [-0.4, -0.2) is 82.3 Å². The van der Waals surface area contributed by atoms with Crippen LogP contribution in [0.25, 0.3) is 0 Å². The van der Waals surface area contributed by atoms with Crippen molar-refractivity contribution >= 4 is 17.9 Å². The Labute approximate surface area is 479 Å². The molecule has 2 atom stereocenters. The number of rotatable bonds is 57. The second-order valence-electron chi connectivity index (χ2n) is 22.0. The second-order valence-corrected chi connectivity index (χ2v) is 22.0. The molecule has 0 radical (unpaired) electrons. The van der Waals surface area contributed by atoms with Gasteiger partial charge in [0.15, 0.2) is 12.4 Å². The molecule has 0 saturated heterocycles. The van der Waals surface area contributed by atoms with Crippen molar-refractivity contribution in [2.75, 3.05) is 47.5 Å². The van der Waals surface area contributed by atoms with Gasteiger partial charge in [0.25, 0.3) is 0 Å². The molecule has 0 aromatic heterocycles. The number of unbranched alkanes of at least 4 members (excludes halogenated alkanes) is 24. The third-order valence-corrected chi connectivity index (χ3v) is 13.3. The minimum absolute atomic E-state index is 0.142. The number of likely N-dealkylation sites (N-methyl/N-ethyl adjacent to an activating group) is 1. The zero-order chi connectivity index (χ0) is 56.9. The standard InChI is InChI=1S/C69H117NO8/c1-6-8-10-12-14-16-18-20-22-24-25-26-27-28-29-30-31-32-33-34-35-36-37-38-39-40-41-42-43-44-46-48-50-52-54-56-58-60-67(72)78-65(64-77-69(68(73)74)75-62-61-70(3,4)5)63-76-66(71)59-57-55-53-51-49-47-45-23-21-19-17-15-13-11-9-7-2/h8,10,14,16,20,22-23,25-26,28-29,31-32,34-35,37-38,45,65,69H,6-7,9,11-13,15,17-19,21,24,27,30,33,36,39-44,46-64H2,1-5H3/b10-8-,16-14-,22-20-,26-25-,29-28-,32-31-,35-34-,38-37-,45-23-. The SMILES string of the molecule is CC/C=C\C/C=C\C/C=C\C/C=C\C/C=C\C/C=C\C/C=C\C/C=C\CCCCCCCCCCCCCCC(=O)OC(COC(=O)CCCCCCC/C=C\CCCCCCCCC)COC(OCC[N+](C)(C)C)C(=O)[O-]. The lowest BCUT2D eigenvalue weighted by atomic mass is 10.0. The van der Waals surface area contributed by atoms with E-state index in [0.29, 0.717) is 17.4 Å². The molecule has 0 aromatic rings. The average Bonchev–Trinajstić information content (AvgIpc) is 3.41. The molecule has 0 fully saturated rings. The van der Waals surface area contributed by atoms with Gasteiger partial charge in [-0.1, -0.05) is 245 Å². The van der Waals surface area contributed by atoms with Crippen LogP contribution in [0.5, 0.6) is 0 Å². The normalized spacial score (nSPS) is 13.5. The van der Waals surface area contributed by atoms with Crippen LogP contribution < -0.4 is 5.11 Å². The smallest absolute Gasteiger partial charge is 0.306 e. The van der Waals surface area contributed by atoms with Crippen molar-refractivity contribution in [3.63, 3.8) is 0 Å². The van der Waals surface area contributed by atoms with Crippen molar-refractivity contribution in [1.29, 1.82) is 0 Å². The lowest BCUT2D eigenvalue weighted by molar-refractivity contribution is -0.870. The molecule has 0 N–H and O–H groups in total. The van der Waals surface area contributed by atoms with E-state index in [1.54, 1.807) is 0 Å². The molecule has 2 unspecified atom stereocenters. The number of carbonyl (C=O) groups is 3. The number of carbonyl (C=O) groups excluding carboxylic acids is 3. The highest BCUT2D eigenvalue weighted by Gasteiger charge is 2.22. The molecule has 0 bridgehead atoms. The van der Waals surface area contributed by atoms with E-state index < -0.39 is 24.3 Å².